The highest BCUT2D eigenvalue weighted by Gasteiger charge is 2.28. The Bertz CT molecular complexity index is 978. The van der Waals surface area contributed by atoms with Gasteiger partial charge in [-0.1, -0.05) is 54.2 Å². The second-order valence-electron chi connectivity index (χ2n) is 6.41. The van der Waals surface area contributed by atoms with E-state index in [1.807, 2.05) is 61.5 Å². The maximum absolute atomic E-state index is 13.6. The van der Waals surface area contributed by atoms with Gasteiger partial charge in [-0.3, -0.25) is 5.41 Å². The molecule has 0 aromatic heterocycles. The van der Waals surface area contributed by atoms with Crippen LogP contribution in [0.15, 0.2) is 83.8 Å². The van der Waals surface area contributed by atoms with E-state index in [4.69, 9.17) is 14.5 Å². The molecule has 9 heteroatoms. The lowest BCUT2D eigenvalue weighted by Crippen LogP contribution is -2.12. The zero-order valence-corrected chi connectivity index (χ0v) is 20.5. The summed E-state index contributed by atoms with van der Waals surface area (Å²) < 4.78 is 25.2. The van der Waals surface area contributed by atoms with Crippen LogP contribution in [0.5, 0.6) is 11.5 Å². The van der Waals surface area contributed by atoms with Crippen LogP contribution in [0, 0.1) is 12.3 Å². The predicted octanol–water partition coefficient (Wildman–Crippen LogP) is 7.65. The van der Waals surface area contributed by atoms with Crippen LogP contribution in [0.2, 0.25) is 0 Å². The molecular formula is C22H25Cl2N2O3PS. The fourth-order valence-corrected chi connectivity index (χ4v) is 4.71. The Morgan fingerprint density at radius 1 is 0.935 bits per heavy atom. The number of halogens is 2. The summed E-state index contributed by atoms with van der Waals surface area (Å²) in [6, 6.07) is 23.9. The van der Waals surface area contributed by atoms with E-state index in [2.05, 4.69) is 5.32 Å². The quantitative estimate of drug-likeness (QED) is 0.144. The second kappa shape index (κ2) is 12.7. The van der Waals surface area contributed by atoms with Gasteiger partial charge in [-0.2, -0.15) is 0 Å². The van der Waals surface area contributed by atoms with Crippen LogP contribution in [-0.4, -0.2) is 11.3 Å². The molecule has 0 saturated carbocycles. The average molecular weight is 499 g/mol. The van der Waals surface area contributed by atoms with Gasteiger partial charge in [0.05, 0.1) is 5.04 Å². The number of thioether (sulfide) groups is 1. The molecular weight excluding hydrogens is 474 g/mol. The molecule has 0 heterocycles. The van der Waals surface area contributed by atoms with Gasteiger partial charge >= 0.3 is 7.60 Å². The van der Waals surface area contributed by atoms with Gasteiger partial charge in [0, 0.05) is 10.6 Å². The number of hydrogen-bond acceptors (Lipinski definition) is 6. The molecule has 2 N–H and O–H groups in total. The van der Waals surface area contributed by atoms with E-state index in [1.54, 1.807) is 31.2 Å². The van der Waals surface area contributed by atoms with Crippen LogP contribution in [0.1, 0.15) is 12.5 Å². The van der Waals surface area contributed by atoms with Gasteiger partial charge in [-0.25, -0.2) is 4.57 Å². The van der Waals surface area contributed by atoms with Gasteiger partial charge in [0.1, 0.15) is 17.8 Å². The average Bonchev–Trinajstić information content (AvgIpc) is 2.69. The Hall–Kier alpha value is -2.11. The summed E-state index contributed by atoms with van der Waals surface area (Å²) in [7, 11) is -3.57. The summed E-state index contributed by atoms with van der Waals surface area (Å²) in [5, 5.41) is 11.4. The van der Waals surface area contributed by atoms with Crippen molar-refractivity contribution in [1.29, 1.82) is 5.41 Å². The zero-order valence-electron chi connectivity index (χ0n) is 17.1. The highest BCUT2D eigenvalue weighted by Crippen LogP contribution is 2.48. The van der Waals surface area contributed by atoms with Gasteiger partial charge in [-0.05, 0) is 55.8 Å². The number of anilines is 1. The Kier molecular flexibility index (Phi) is 11.0. The smallest absolute Gasteiger partial charge is 0.415 e. The fourth-order valence-electron chi connectivity index (χ4n) is 2.58. The van der Waals surface area contributed by atoms with E-state index in [0.29, 0.717) is 16.5 Å². The molecule has 31 heavy (non-hydrogen) atoms. The first-order valence-electron chi connectivity index (χ1n) is 9.09. The molecule has 3 aromatic carbocycles. The van der Waals surface area contributed by atoms with Gasteiger partial charge in [0.15, 0.2) is 0 Å². The van der Waals surface area contributed by atoms with Crippen molar-refractivity contribution in [2.75, 3.05) is 11.6 Å². The number of aryl methyl sites for hydroxylation is 1. The molecule has 0 saturated heterocycles. The van der Waals surface area contributed by atoms with Crippen LogP contribution in [0.4, 0.5) is 5.69 Å². The Labute approximate surface area is 199 Å². The minimum Gasteiger partial charge on any atom is -0.415 e. The first kappa shape index (κ1) is 26.9. The van der Waals surface area contributed by atoms with E-state index in [-0.39, 0.29) is 31.1 Å². The molecule has 0 aliphatic rings. The van der Waals surface area contributed by atoms with Crippen molar-refractivity contribution in [2.45, 2.75) is 18.7 Å². The van der Waals surface area contributed by atoms with Gasteiger partial charge in [0.25, 0.3) is 0 Å². The normalized spacial score (nSPS) is 10.3. The van der Waals surface area contributed by atoms with Crippen LogP contribution in [0.25, 0.3) is 0 Å². The lowest BCUT2D eigenvalue weighted by atomic mass is 10.2. The molecule has 0 bridgehead atoms. The standard InChI is InChI=1S/C22H23N2O3PS.2ClH/c1-17-13-14-22(29-18(2)23)21(15-17)24-16-28(25,26-19-9-5-3-6-10-19)27-20-11-7-4-8-12-20;;/h3-15,23-24H,16H2,1-2H3;2*1H. The number of para-hydroxylation sites is 2. The monoisotopic (exact) mass is 498 g/mol. The van der Waals surface area contributed by atoms with Crippen molar-refractivity contribution in [1.82, 2.24) is 0 Å². The van der Waals surface area contributed by atoms with Crippen LogP contribution >= 0.6 is 44.2 Å². The molecule has 0 radical (unpaired) electrons. The third-order valence-electron chi connectivity index (χ3n) is 3.84. The van der Waals surface area contributed by atoms with E-state index in [0.717, 1.165) is 16.1 Å². The summed E-state index contributed by atoms with van der Waals surface area (Å²) in [5.41, 5.74) is 1.84. The van der Waals surface area contributed by atoms with Crippen molar-refractivity contribution in [3.8, 4) is 11.5 Å². The van der Waals surface area contributed by atoms with Crippen molar-refractivity contribution >= 4 is 54.9 Å². The topological polar surface area (TPSA) is 71.4 Å². The Morgan fingerprint density at radius 2 is 1.45 bits per heavy atom. The summed E-state index contributed by atoms with van der Waals surface area (Å²) >= 11 is 1.34. The molecule has 166 valence electrons. The highest BCUT2D eigenvalue weighted by atomic mass is 35.5. The molecule has 5 nitrogen and oxygen atoms in total. The molecule has 3 aromatic rings. The van der Waals surface area contributed by atoms with Crippen LogP contribution < -0.4 is 14.4 Å². The number of hydrogen-bond donors (Lipinski definition) is 2. The minimum atomic E-state index is -3.57. The van der Waals surface area contributed by atoms with Gasteiger partial charge in [-0.15, -0.1) is 24.8 Å². The van der Waals surface area contributed by atoms with Gasteiger partial charge < -0.3 is 14.4 Å². The third-order valence-corrected chi connectivity index (χ3v) is 6.24. The SMILES string of the molecule is CC(=N)Sc1ccc(C)cc1NCP(=O)(Oc1ccccc1)Oc1ccccc1.Cl.Cl. The van der Waals surface area contributed by atoms with E-state index < -0.39 is 7.60 Å². The zero-order chi connectivity index (χ0) is 20.7. The summed E-state index contributed by atoms with van der Waals surface area (Å²) in [6.07, 6.45) is -0.0230. The first-order valence-corrected chi connectivity index (χ1v) is 11.6. The molecule has 0 fully saturated rings. The van der Waals surface area contributed by atoms with E-state index >= 15 is 0 Å². The highest BCUT2D eigenvalue weighted by molar-refractivity contribution is 8.13. The molecule has 0 spiro atoms. The number of rotatable bonds is 8. The third kappa shape index (κ3) is 8.50. The van der Waals surface area contributed by atoms with Crippen molar-refractivity contribution < 1.29 is 13.6 Å². The van der Waals surface area contributed by atoms with Crippen LogP contribution in [-0.2, 0) is 4.57 Å². The molecule has 0 amide bonds. The molecule has 0 unspecified atom stereocenters. The molecule has 0 aliphatic heterocycles. The van der Waals surface area contributed by atoms with E-state index in [1.165, 1.54) is 11.8 Å². The van der Waals surface area contributed by atoms with Crippen molar-refractivity contribution in [2.24, 2.45) is 0 Å². The number of benzene rings is 3. The maximum atomic E-state index is 13.6. The fraction of sp³-hybridized carbons (Fsp3) is 0.136. The molecule has 0 atom stereocenters. The van der Waals surface area contributed by atoms with Crippen LogP contribution in [0.3, 0.4) is 0 Å². The lowest BCUT2D eigenvalue weighted by Gasteiger charge is -2.22. The first-order chi connectivity index (χ1) is 13.9. The summed E-state index contributed by atoms with van der Waals surface area (Å²) in [4.78, 5) is 0.883. The van der Waals surface area contributed by atoms with Gasteiger partial charge in [0.2, 0.25) is 0 Å². The second-order valence-corrected chi connectivity index (χ2v) is 9.57. The molecule has 0 aliphatic carbocycles. The summed E-state index contributed by atoms with van der Waals surface area (Å²) in [6.45, 7) is 3.72. The Balaban J connectivity index is 0.00000240. The number of nitrogens with one attached hydrogen (secondary N) is 2. The lowest BCUT2D eigenvalue weighted by molar-refractivity contribution is 0.388. The van der Waals surface area contributed by atoms with Crippen molar-refractivity contribution in [3.63, 3.8) is 0 Å². The largest absolute Gasteiger partial charge is 0.449 e. The summed E-state index contributed by atoms with van der Waals surface area (Å²) in [5.74, 6) is 0.950. The Morgan fingerprint density at radius 3 is 1.94 bits per heavy atom. The molecule has 3 rings (SSSR count). The minimum absolute atomic E-state index is 0. The van der Waals surface area contributed by atoms with E-state index in [9.17, 15) is 4.57 Å². The maximum Gasteiger partial charge on any atom is 0.449 e. The predicted molar refractivity (Wildman–Crippen MR) is 135 cm³/mol. The van der Waals surface area contributed by atoms with Crippen molar-refractivity contribution in [3.05, 3.63) is 84.4 Å².